The molecule has 0 aliphatic carbocycles. The number of amides is 2. The molecule has 2 aromatic heterocycles. The molecule has 4 rings (SSSR count). The molecule has 0 spiro atoms. The Morgan fingerprint density at radius 2 is 1.22 bits per heavy atom. The lowest BCUT2D eigenvalue weighted by Crippen LogP contribution is -2.34. The summed E-state index contributed by atoms with van der Waals surface area (Å²) in [6.07, 6.45) is 2.94. The van der Waals surface area contributed by atoms with Crippen LogP contribution in [0.1, 0.15) is 47.4 Å². The zero-order valence-corrected chi connectivity index (χ0v) is 28.9. The zero-order chi connectivity index (χ0) is 36.8. The normalized spacial score (nSPS) is 10.9. The fourth-order valence-electron chi connectivity index (χ4n) is 5.00. The third-order valence-corrected chi connectivity index (χ3v) is 7.46. The van der Waals surface area contributed by atoms with E-state index in [2.05, 4.69) is 25.7 Å². The van der Waals surface area contributed by atoms with Gasteiger partial charge in [-0.1, -0.05) is 12.1 Å². The highest BCUT2D eigenvalue weighted by Gasteiger charge is 2.25. The maximum absolute atomic E-state index is 13.9. The first-order valence-electron chi connectivity index (χ1n) is 16.3. The molecule has 2 heterocycles. The van der Waals surface area contributed by atoms with Gasteiger partial charge in [0.25, 0.3) is 17.5 Å². The Morgan fingerprint density at radius 1 is 0.725 bits per heavy atom. The lowest BCUT2D eigenvalue weighted by molar-refractivity contribution is -0.434. The quantitative estimate of drug-likeness (QED) is 0.0636. The number of anilines is 4. The van der Waals surface area contributed by atoms with Gasteiger partial charge in [-0.05, 0) is 73.3 Å². The Hall–Kier alpha value is -6.38. The lowest BCUT2D eigenvalue weighted by Gasteiger charge is -2.22. The SMILES string of the molecule is CCOC(=O)CCN(C(=O)c1ccc(NC)c(N=[N+]([O-])c2cc(C(=O)N(CCC(=O)OCC)c3ccccn3)ccc2NC)c1)c1ccccn1. The highest BCUT2D eigenvalue weighted by Crippen LogP contribution is 2.32. The van der Waals surface area contributed by atoms with Gasteiger partial charge in [-0.2, -0.15) is 0 Å². The van der Waals surface area contributed by atoms with E-state index in [1.165, 1.54) is 34.3 Å². The van der Waals surface area contributed by atoms with E-state index < -0.39 is 23.8 Å². The minimum Gasteiger partial charge on any atom is -0.594 e. The summed E-state index contributed by atoms with van der Waals surface area (Å²) in [5.41, 5.74) is 1.29. The van der Waals surface area contributed by atoms with Crippen molar-refractivity contribution >= 4 is 58.1 Å². The molecule has 0 aliphatic rings. The van der Waals surface area contributed by atoms with E-state index >= 15 is 0 Å². The summed E-state index contributed by atoms with van der Waals surface area (Å²) in [5.74, 6) is -1.26. The number of ether oxygens (including phenoxy) is 2. The van der Waals surface area contributed by atoms with Gasteiger partial charge < -0.3 is 25.3 Å². The van der Waals surface area contributed by atoms with Gasteiger partial charge in [-0.15, -0.1) is 0 Å². The minimum absolute atomic E-state index is 0.00424. The van der Waals surface area contributed by atoms with Crippen LogP contribution in [-0.2, 0) is 19.1 Å². The predicted octanol–water partition coefficient (Wildman–Crippen LogP) is 5.69. The molecule has 4 aromatic rings. The molecular formula is C36H40N8O7. The third kappa shape index (κ3) is 9.84. The van der Waals surface area contributed by atoms with E-state index in [1.807, 2.05) is 0 Å². The van der Waals surface area contributed by atoms with Gasteiger partial charge in [0.2, 0.25) is 0 Å². The van der Waals surface area contributed by atoms with Crippen LogP contribution in [0.15, 0.2) is 90.3 Å². The van der Waals surface area contributed by atoms with Crippen molar-refractivity contribution in [2.75, 3.05) is 60.8 Å². The molecule has 0 radical (unpaired) electrons. The summed E-state index contributed by atoms with van der Waals surface area (Å²) in [6.45, 7) is 3.81. The molecule has 0 atom stereocenters. The zero-order valence-electron chi connectivity index (χ0n) is 28.9. The molecule has 0 bridgehead atoms. The maximum Gasteiger partial charge on any atom is 0.307 e. The van der Waals surface area contributed by atoms with Crippen molar-refractivity contribution in [1.29, 1.82) is 0 Å². The highest BCUT2D eigenvalue weighted by atomic mass is 16.5. The van der Waals surface area contributed by atoms with Crippen molar-refractivity contribution in [3.63, 3.8) is 0 Å². The molecule has 0 aliphatic heterocycles. The van der Waals surface area contributed by atoms with Crippen LogP contribution < -0.4 is 20.4 Å². The number of hydrogen-bond donors (Lipinski definition) is 2. The molecule has 266 valence electrons. The molecule has 2 N–H and O–H groups in total. The Morgan fingerprint density at radius 3 is 1.67 bits per heavy atom. The Balaban J connectivity index is 1.70. The van der Waals surface area contributed by atoms with Crippen LogP contribution in [0.3, 0.4) is 0 Å². The average Bonchev–Trinajstić information content (AvgIpc) is 3.15. The van der Waals surface area contributed by atoms with Crippen molar-refractivity contribution in [3.05, 3.63) is 102 Å². The Kier molecular flexibility index (Phi) is 13.5. The van der Waals surface area contributed by atoms with Gasteiger partial charge in [0, 0.05) is 61.9 Å². The number of carbonyl (C=O) groups is 4. The van der Waals surface area contributed by atoms with Gasteiger partial charge in [0.05, 0.1) is 31.7 Å². The summed E-state index contributed by atoms with van der Waals surface area (Å²) in [5, 5.41) is 24.0. The number of nitrogens with one attached hydrogen (secondary N) is 2. The van der Waals surface area contributed by atoms with Crippen molar-refractivity contribution in [1.82, 2.24) is 9.97 Å². The second-order valence-electron chi connectivity index (χ2n) is 10.7. The van der Waals surface area contributed by atoms with Crippen molar-refractivity contribution in [3.8, 4) is 0 Å². The number of esters is 2. The summed E-state index contributed by atoms with van der Waals surface area (Å²) in [4.78, 5) is 63.6. The number of rotatable bonds is 16. The topological polar surface area (TPSA) is 181 Å². The number of hydrogen-bond acceptors (Lipinski definition) is 12. The predicted molar refractivity (Wildman–Crippen MR) is 192 cm³/mol. The fourth-order valence-corrected chi connectivity index (χ4v) is 5.00. The van der Waals surface area contributed by atoms with Gasteiger partial charge in [0.15, 0.2) is 5.69 Å². The first-order chi connectivity index (χ1) is 24.7. The van der Waals surface area contributed by atoms with Crippen LogP contribution in [0.4, 0.5) is 34.4 Å². The second kappa shape index (κ2) is 18.4. The lowest BCUT2D eigenvalue weighted by atomic mass is 10.1. The molecular weight excluding hydrogens is 656 g/mol. The highest BCUT2D eigenvalue weighted by molar-refractivity contribution is 6.07. The second-order valence-corrected chi connectivity index (χ2v) is 10.7. The van der Waals surface area contributed by atoms with Crippen molar-refractivity contribution in [2.45, 2.75) is 26.7 Å². The van der Waals surface area contributed by atoms with Crippen LogP contribution in [0.5, 0.6) is 0 Å². The summed E-state index contributed by atoms with van der Waals surface area (Å²) >= 11 is 0. The number of pyridine rings is 2. The largest absolute Gasteiger partial charge is 0.594 e. The van der Waals surface area contributed by atoms with Gasteiger partial charge in [-0.25, -0.2) is 9.97 Å². The monoisotopic (exact) mass is 696 g/mol. The average molecular weight is 697 g/mol. The molecule has 0 unspecified atom stereocenters. The smallest absolute Gasteiger partial charge is 0.307 e. The fraction of sp³-hybridized carbons (Fsp3) is 0.278. The summed E-state index contributed by atoms with van der Waals surface area (Å²) < 4.78 is 10.1. The number of carbonyl (C=O) groups excluding carboxylic acids is 4. The summed E-state index contributed by atoms with van der Waals surface area (Å²) in [6, 6.07) is 19.3. The number of aromatic nitrogens is 2. The van der Waals surface area contributed by atoms with Crippen LogP contribution in [0.25, 0.3) is 0 Å². The molecule has 15 heteroatoms. The van der Waals surface area contributed by atoms with Crippen LogP contribution in [-0.4, -0.2) is 79.0 Å². The van der Waals surface area contributed by atoms with Gasteiger partial charge in [-0.3, -0.25) is 29.0 Å². The number of nitrogens with zero attached hydrogens (tertiary/aromatic N) is 6. The third-order valence-electron chi connectivity index (χ3n) is 7.46. The minimum atomic E-state index is -0.503. The van der Waals surface area contributed by atoms with Gasteiger partial charge >= 0.3 is 11.9 Å². The molecule has 0 saturated heterocycles. The number of benzene rings is 2. The van der Waals surface area contributed by atoms with Crippen LogP contribution in [0.2, 0.25) is 0 Å². The standard InChI is InChI=1S/C36H40N8O7/c1-5-50-33(45)17-21-42(31-11-7-9-19-39-31)35(47)25-13-15-27(37-3)29(23-25)41-44(49)30-24-26(14-16-28(30)38-4)36(48)43(22-18-34(46)51-6-2)32-12-8-10-20-40-32/h7-16,19-20,23-24,37-38H,5-6,17-18,21-22H2,1-4H3. The first kappa shape index (κ1) is 37.4. The Bertz CT molecular complexity index is 1860. The van der Waals surface area contributed by atoms with E-state index in [0.29, 0.717) is 27.9 Å². The van der Waals surface area contributed by atoms with Crippen LogP contribution in [0, 0.1) is 5.21 Å². The van der Waals surface area contributed by atoms with E-state index in [4.69, 9.17) is 9.47 Å². The van der Waals surface area contributed by atoms with Crippen LogP contribution >= 0.6 is 0 Å². The van der Waals surface area contributed by atoms with E-state index in [9.17, 15) is 24.4 Å². The number of azo groups is 1. The molecule has 2 aromatic carbocycles. The van der Waals surface area contributed by atoms with E-state index in [0.717, 1.165) is 0 Å². The molecule has 2 amide bonds. The summed E-state index contributed by atoms with van der Waals surface area (Å²) in [7, 11) is 3.26. The Labute approximate surface area is 295 Å². The first-order valence-corrected chi connectivity index (χ1v) is 16.3. The van der Waals surface area contributed by atoms with Gasteiger partial charge in [0.1, 0.15) is 17.3 Å². The molecule has 0 saturated carbocycles. The van der Waals surface area contributed by atoms with E-state index in [1.54, 1.807) is 88.6 Å². The van der Waals surface area contributed by atoms with E-state index in [-0.39, 0.29) is 61.6 Å². The van der Waals surface area contributed by atoms with Crippen molar-refractivity contribution < 1.29 is 33.5 Å². The van der Waals surface area contributed by atoms with Crippen molar-refractivity contribution in [2.24, 2.45) is 5.11 Å². The molecule has 0 fully saturated rings. The molecule has 15 nitrogen and oxygen atoms in total. The molecule has 51 heavy (non-hydrogen) atoms. The maximum atomic E-state index is 13.9.